The predicted molar refractivity (Wildman–Crippen MR) is 71.8 cm³/mol. The third-order valence-electron chi connectivity index (χ3n) is 3.46. The molecule has 2 unspecified atom stereocenters. The number of benzene rings is 1. The SMILES string of the molecule is NC(=O)CN1CC(N)CC(Cc2ccc(F)cc2)C1. The highest BCUT2D eigenvalue weighted by molar-refractivity contribution is 5.75. The van der Waals surface area contributed by atoms with Gasteiger partial charge in [0.2, 0.25) is 5.91 Å². The van der Waals surface area contributed by atoms with Crippen molar-refractivity contribution in [3.05, 3.63) is 35.6 Å². The van der Waals surface area contributed by atoms with Crippen LogP contribution < -0.4 is 11.5 Å². The van der Waals surface area contributed by atoms with E-state index in [1.807, 2.05) is 4.90 Å². The zero-order valence-electron chi connectivity index (χ0n) is 10.9. The van der Waals surface area contributed by atoms with Gasteiger partial charge < -0.3 is 11.5 Å². The molecular weight excluding hydrogens is 245 g/mol. The van der Waals surface area contributed by atoms with Gasteiger partial charge in [0.05, 0.1) is 6.54 Å². The van der Waals surface area contributed by atoms with Crippen molar-refractivity contribution in [3.63, 3.8) is 0 Å². The molecule has 2 atom stereocenters. The van der Waals surface area contributed by atoms with Gasteiger partial charge in [0, 0.05) is 19.1 Å². The van der Waals surface area contributed by atoms with Gasteiger partial charge in [-0.05, 0) is 36.5 Å². The second kappa shape index (κ2) is 6.12. The topological polar surface area (TPSA) is 72.4 Å². The number of piperidine rings is 1. The Bertz CT molecular complexity index is 435. The molecule has 0 spiro atoms. The number of halogens is 1. The summed E-state index contributed by atoms with van der Waals surface area (Å²) in [7, 11) is 0. The molecule has 0 radical (unpaired) electrons. The molecule has 4 N–H and O–H groups in total. The fourth-order valence-corrected chi connectivity index (χ4v) is 2.80. The molecule has 19 heavy (non-hydrogen) atoms. The second-order valence-corrected chi connectivity index (χ2v) is 5.35. The lowest BCUT2D eigenvalue weighted by atomic mass is 9.89. The standard InChI is InChI=1S/C14H20FN3O/c15-12-3-1-10(2-4-12)5-11-6-13(16)8-18(7-11)9-14(17)19/h1-4,11,13H,5-9,16H2,(H2,17,19). The van der Waals surface area contributed by atoms with Crippen LogP contribution in [0, 0.1) is 11.7 Å². The van der Waals surface area contributed by atoms with Crippen LogP contribution in [0.25, 0.3) is 0 Å². The number of hydrogen-bond donors (Lipinski definition) is 2. The molecule has 1 aliphatic rings. The highest BCUT2D eigenvalue weighted by atomic mass is 19.1. The number of carbonyl (C=O) groups is 1. The molecular formula is C14H20FN3O. The van der Waals surface area contributed by atoms with Gasteiger partial charge in [0.25, 0.3) is 0 Å². The van der Waals surface area contributed by atoms with Crippen molar-refractivity contribution in [2.75, 3.05) is 19.6 Å². The van der Waals surface area contributed by atoms with Crippen molar-refractivity contribution in [2.45, 2.75) is 18.9 Å². The van der Waals surface area contributed by atoms with Crippen LogP contribution in [-0.2, 0) is 11.2 Å². The first-order valence-electron chi connectivity index (χ1n) is 6.53. The molecule has 1 aliphatic heterocycles. The number of amides is 1. The van der Waals surface area contributed by atoms with Gasteiger partial charge in [0.15, 0.2) is 0 Å². The molecule has 104 valence electrons. The van der Waals surface area contributed by atoms with Crippen LogP contribution in [0.3, 0.4) is 0 Å². The van der Waals surface area contributed by atoms with Crippen molar-refractivity contribution in [1.29, 1.82) is 0 Å². The lowest BCUT2D eigenvalue weighted by Crippen LogP contribution is -2.49. The molecule has 5 heteroatoms. The fraction of sp³-hybridized carbons (Fsp3) is 0.500. The largest absolute Gasteiger partial charge is 0.369 e. The van der Waals surface area contributed by atoms with Crippen molar-refractivity contribution in [2.24, 2.45) is 17.4 Å². The van der Waals surface area contributed by atoms with Crippen LogP contribution in [0.2, 0.25) is 0 Å². The summed E-state index contributed by atoms with van der Waals surface area (Å²) in [5, 5.41) is 0. The number of nitrogens with zero attached hydrogens (tertiary/aromatic N) is 1. The quantitative estimate of drug-likeness (QED) is 0.833. The molecule has 4 nitrogen and oxygen atoms in total. The Balaban J connectivity index is 1.95. The molecule has 1 heterocycles. The van der Waals surface area contributed by atoms with Gasteiger partial charge >= 0.3 is 0 Å². The summed E-state index contributed by atoms with van der Waals surface area (Å²) in [4.78, 5) is 13.0. The maximum atomic E-state index is 12.9. The molecule has 1 saturated heterocycles. The smallest absolute Gasteiger partial charge is 0.231 e. The van der Waals surface area contributed by atoms with Crippen LogP contribution in [0.1, 0.15) is 12.0 Å². The second-order valence-electron chi connectivity index (χ2n) is 5.35. The zero-order chi connectivity index (χ0) is 13.8. The molecule has 2 rings (SSSR count). The van der Waals surface area contributed by atoms with Crippen LogP contribution >= 0.6 is 0 Å². The molecule has 0 bridgehead atoms. The maximum absolute atomic E-state index is 12.9. The Kier molecular flexibility index (Phi) is 4.50. The number of likely N-dealkylation sites (tertiary alicyclic amines) is 1. The first-order chi connectivity index (χ1) is 9.02. The maximum Gasteiger partial charge on any atom is 0.231 e. The van der Waals surface area contributed by atoms with E-state index in [4.69, 9.17) is 11.5 Å². The summed E-state index contributed by atoms with van der Waals surface area (Å²) in [5.41, 5.74) is 12.3. The number of carbonyl (C=O) groups excluding carboxylic acids is 1. The van der Waals surface area contributed by atoms with E-state index in [9.17, 15) is 9.18 Å². The van der Waals surface area contributed by atoms with Crippen molar-refractivity contribution in [3.8, 4) is 0 Å². The van der Waals surface area contributed by atoms with Crippen LogP contribution in [-0.4, -0.2) is 36.5 Å². The monoisotopic (exact) mass is 265 g/mol. The van der Waals surface area contributed by atoms with Crippen molar-refractivity contribution >= 4 is 5.91 Å². The summed E-state index contributed by atoms with van der Waals surface area (Å²) >= 11 is 0. The molecule has 1 fully saturated rings. The average molecular weight is 265 g/mol. The van der Waals surface area contributed by atoms with E-state index in [1.165, 1.54) is 12.1 Å². The van der Waals surface area contributed by atoms with Gasteiger partial charge in [-0.2, -0.15) is 0 Å². The van der Waals surface area contributed by atoms with Crippen molar-refractivity contribution < 1.29 is 9.18 Å². The van der Waals surface area contributed by atoms with Gasteiger partial charge in [0.1, 0.15) is 5.82 Å². The normalized spacial score (nSPS) is 24.3. The summed E-state index contributed by atoms with van der Waals surface area (Å²) in [5.74, 6) is -0.164. The molecule has 1 amide bonds. The predicted octanol–water partition coefficient (Wildman–Crippen LogP) is 0.503. The van der Waals surface area contributed by atoms with Crippen LogP contribution in [0.5, 0.6) is 0 Å². The summed E-state index contributed by atoms with van der Waals surface area (Å²) in [6, 6.07) is 6.61. The van der Waals surface area contributed by atoms with E-state index in [-0.39, 0.29) is 24.3 Å². The first kappa shape index (κ1) is 14.0. The van der Waals surface area contributed by atoms with E-state index in [2.05, 4.69) is 0 Å². The number of hydrogen-bond acceptors (Lipinski definition) is 3. The van der Waals surface area contributed by atoms with E-state index >= 15 is 0 Å². The number of nitrogens with two attached hydrogens (primary N) is 2. The molecule has 0 saturated carbocycles. The number of primary amides is 1. The molecule has 1 aromatic carbocycles. The van der Waals surface area contributed by atoms with Crippen molar-refractivity contribution in [1.82, 2.24) is 4.90 Å². The molecule has 0 aromatic heterocycles. The van der Waals surface area contributed by atoms with E-state index in [0.717, 1.165) is 24.9 Å². The fourth-order valence-electron chi connectivity index (χ4n) is 2.80. The average Bonchev–Trinajstić information content (AvgIpc) is 2.30. The Morgan fingerprint density at radius 1 is 1.32 bits per heavy atom. The minimum absolute atomic E-state index is 0.0681. The third-order valence-corrected chi connectivity index (χ3v) is 3.46. The Morgan fingerprint density at radius 3 is 2.63 bits per heavy atom. The van der Waals surface area contributed by atoms with E-state index in [1.54, 1.807) is 12.1 Å². The molecule has 0 aliphatic carbocycles. The highest BCUT2D eigenvalue weighted by Crippen LogP contribution is 2.20. The summed E-state index contributed by atoms with van der Waals surface area (Å²) < 4.78 is 12.9. The van der Waals surface area contributed by atoms with E-state index in [0.29, 0.717) is 12.5 Å². The van der Waals surface area contributed by atoms with Gasteiger partial charge in [-0.15, -0.1) is 0 Å². The van der Waals surface area contributed by atoms with E-state index < -0.39 is 0 Å². The first-order valence-corrected chi connectivity index (χ1v) is 6.53. The Morgan fingerprint density at radius 2 is 2.00 bits per heavy atom. The third kappa shape index (κ3) is 4.29. The number of rotatable bonds is 4. The summed E-state index contributed by atoms with van der Waals surface area (Å²) in [6.45, 7) is 1.78. The minimum atomic E-state index is -0.324. The van der Waals surface area contributed by atoms with Crippen LogP contribution in [0.4, 0.5) is 4.39 Å². The summed E-state index contributed by atoms with van der Waals surface area (Å²) in [6.07, 6.45) is 1.77. The Hall–Kier alpha value is -1.46. The lowest BCUT2D eigenvalue weighted by molar-refractivity contribution is -0.119. The van der Waals surface area contributed by atoms with Gasteiger partial charge in [-0.25, -0.2) is 4.39 Å². The lowest BCUT2D eigenvalue weighted by Gasteiger charge is -2.35. The minimum Gasteiger partial charge on any atom is -0.369 e. The van der Waals surface area contributed by atoms with Gasteiger partial charge in [-0.1, -0.05) is 12.1 Å². The van der Waals surface area contributed by atoms with Crippen LogP contribution in [0.15, 0.2) is 24.3 Å². The Labute approximate surface area is 112 Å². The highest BCUT2D eigenvalue weighted by Gasteiger charge is 2.25. The molecule has 1 aromatic rings. The van der Waals surface area contributed by atoms with Gasteiger partial charge in [-0.3, -0.25) is 9.69 Å². The zero-order valence-corrected chi connectivity index (χ0v) is 10.9.